The molecule has 9 atom stereocenters. The molecule has 0 amide bonds. The van der Waals surface area contributed by atoms with E-state index in [1.54, 1.807) is 6.07 Å². The summed E-state index contributed by atoms with van der Waals surface area (Å²) in [6, 6.07) is 2.91. The van der Waals surface area contributed by atoms with Gasteiger partial charge in [0, 0.05) is 30.3 Å². The average Bonchev–Trinajstić information content (AvgIpc) is 3.44. The molecule has 1 aliphatic heterocycles. The molecule has 3 fully saturated rings. The average molecular weight is 546 g/mol. The first-order valence-electron chi connectivity index (χ1n) is 14.1. The summed E-state index contributed by atoms with van der Waals surface area (Å²) in [4.78, 5) is 26.7. The molecule has 4 N–H and O–H groups in total. The first-order chi connectivity index (χ1) is 18.3. The Kier molecular flexibility index (Phi) is 7.18. The monoisotopic (exact) mass is 546 g/mol. The smallest absolute Gasteiger partial charge is 0.478 e. The minimum Gasteiger partial charge on any atom is -0.478 e. The Balaban J connectivity index is 1.67. The summed E-state index contributed by atoms with van der Waals surface area (Å²) >= 11 is 0. The Bertz CT molecular complexity index is 1160. The van der Waals surface area contributed by atoms with Gasteiger partial charge in [0.15, 0.2) is 17.7 Å². The van der Waals surface area contributed by atoms with Crippen molar-refractivity contribution < 1.29 is 43.7 Å². The fourth-order valence-corrected chi connectivity index (χ4v) is 9.07. The van der Waals surface area contributed by atoms with Crippen LogP contribution in [0.25, 0.3) is 0 Å². The number of ether oxygens (including phenoxy) is 1. The molecular formula is C29H40BFO8. The van der Waals surface area contributed by atoms with Crippen LogP contribution in [0.2, 0.25) is 0 Å². The van der Waals surface area contributed by atoms with Gasteiger partial charge >= 0.3 is 13.1 Å². The van der Waals surface area contributed by atoms with Crippen LogP contribution in [0.3, 0.4) is 0 Å². The van der Waals surface area contributed by atoms with Crippen LogP contribution in [0.4, 0.5) is 4.39 Å². The third-order valence-corrected chi connectivity index (χ3v) is 11.5. The number of aliphatic hydroxyl groups is 2. The molecule has 1 heterocycles. The zero-order valence-corrected chi connectivity index (χ0v) is 23.2. The van der Waals surface area contributed by atoms with Gasteiger partial charge in [-0.2, -0.15) is 0 Å². The number of halogens is 1. The molecule has 0 saturated heterocycles. The number of hydrogen-bond acceptors (Lipinski definition) is 7. The van der Waals surface area contributed by atoms with Crippen molar-refractivity contribution in [1.82, 2.24) is 0 Å². The molecule has 8 nitrogen and oxygen atoms in total. The summed E-state index contributed by atoms with van der Waals surface area (Å²) in [6.07, 6.45) is 0.554. The highest BCUT2D eigenvalue weighted by Gasteiger charge is 2.69. The van der Waals surface area contributed by atoms with Crippen molar-refractivity contribution in [1.29, 1.82) is 0 Å². The van der Waals surface area contributed by atoms with Gasteiger partial charge in [0.05, 0.1) is 12.7 Å². The quantitative estimate of drug-likeness (QED) is 0.401. The van der Waals surface area contributed by atoms with E-state index in [4.69, 9.17) is 9.39 Å². The summed E-state index contributed by atoms with van der Waals surface area (Å²) in [5, 5.41) is 42.6. The molecule has 214 valence electrons. The molecule has 3 saturated carbocycles. The number of carbonyl (C=O) groups excluding carboxylic acids is 1. The van der Waals surface area contributed by atoms with E-state index in [9.17, 15) is 29.9 Å². The zero-order valence-electron chi connectivity index (χ0n) is 23.2. The maximum atomic E-state index is 15.6. The van der Waals surface area contributed by atoms with Crippen molar-refractivity contribution in [2.75, 3.05) is 6.61 Å². The number of hydrogen-bond donors (Lipinski definition) is 4. The number of carboxylic acid groups (broad SMARTS) is 1. The lowest BCUT2D eigenvalue weighted by Gasteiger charge is -2.63. The summed E-state index contributed by atoms with van der Waals surface area (Å²) in [5.41, 5.74) is -1.76. The lowest BCUT2D eigenvalue weighted by Crippen LogP contribution is -2.64. The summed E-state index contributed by atoms with van der Waals surface area (Å²) in [5.74, 6) is -3.87. The molecular weight excluding hydrogens is 506 g/mol. The van der Waals surface area contributed by atoms with E-state index in [-0.39, 0.29) is 54.9 Å². The minimum atomic E-state index is -1.53. The second kappa shape index (κ2) is 9.82. The number of fused-ring (bicyclic) bond motifs is 1. The van der Waals surface area contributed by atoms with Crippen molar-refractivity contribution >= 4 is 24.3 Å². The Hall–Kier alpha value is -2.01. The lowest BCUT2D eigenvalue weighted by atomic mass is 9.41. The number of aliphatic hydroxyl groups excluding tert-OH is 2. The van der Waals surface area contributed by atoms with E-state index in [0.29, 0.717) is 18.4 Å². The molecule has 2 bridgehead atoms. The van der Waals surface area contributed by atoms with Gasteiger partial charge in [-0.05, 0) is 71.8 Å². The Morgan fingerprint density at radius 1 is 1.28 bits per heavy atom. The molecule has 1 aromatic carbocycles. The second-order valence-electron chi connectivity index (χ2n) is 13.1. The van der Waals surface area contributed by atoms with E-state index < -0.39 is 59.2 Å². The van der Waals surface area contributed by atoms with Crippen molar-refractivity contribution in [3.8, 4) is 5.75 Å². The van der Waals surface area contributed by atoms with Gasteiger partial charge in [-0.3, -0.25) is 4.79 Å². The van der Waals surface area contributed by atoms with Crippen LogP contribution in [0.15, 0.2) is 12.1 Å². The second-order valence-corrected chi connectivity index (χ2v) is 13.1. The third kappa shape index (κ3) is 4.08. The third-order valence-electron chi connectivity index (χ3n) is 11.5. The highest BCUT2D eigenvalue weighted by atomic mass is 19.1. The van der Waals surface area contributed by atoms with Crippen LogP contribution < -0.4 is 10.2 Å². The number of rotatable bonds is 6. The number of Topliss-reactive ketones (excluding diaryl/α,β-unsaturated/α-hetero) is 1. The largest absolute Gasteiger partial charge is 0.494 e. The van der Waals surface area contributed by atoms with Gasteiger partial charge in [-0.25, -0.2) is 9.18 Å². The van der Waals surface area contributed by atoms with Crippen LogP contribution in [-0.2, 0) is 20.9 Å². The lowest BCUT2D eigenvalue weighted by molar-refractivity contribution is -0.201. The van der Waals surface area contributed by atoms with Crippen molar-refractivity contribution in [2.45, 2.75) is 85.0 Å². The van der Waals surface area contributed by atoms with Crippen molar-refractivity contribution in [3.05, 3.63) is 23.5 Å². The summed E-state index contributed by atoms with van der Waals surface area (Å²) in [6.45, 7) is 7.76. The van der Waals surface area contributed by atoms with Gasteiger partial charge in [-0.15, -0.1) is 0 Å². The molecule has 0 radical (unpaired) electrons. The van der Waals surface area contributed by atoms with Crippen molar-refractivity contribution in [2.24, 2.45) is 39.9 Å². The first kappa shape index (κ1) is 28.5. The zero-order chi connectivity index (χ0) is 28.5. The SMILES string of the molecule is C[C@@H]1CC[C@@]23CCC(=O)[C@H]2[C@@]1(C)[C@H](C(Oc1ccc2c(c1F)B(O)OC2)C(=O)O)C[C@](C)(CCO)[C@@H](O)[C@@H]3C. The molecule has 1 unspecified atom stereocenters. The van der Waals surface area contributed by atoms with Gasteiger partial charge < -0.3 is 29.7 Å². The molecule has 1 aromatic rings. The molecule has 5 rings (SSSR count). The number of carbonyl (C=O) groups is 2. The molecule has 39 heavy (non-hydrogen) atoms. The van der Waals surface area contributed by atoms with Crippen LogP contribution >= 0.6 is 0 Å². The van der Waals surface area contributed by atoms with Crippen molar-refractivity contribution in [3.63, 3.8) is 0 Å². The van der Waals surface area contributed by atoms with E-state index in [2.05, 4.69) is 6.92 Å². The molecule has 0 aromatic heterocycles. The predicted molar refractivity (Wildman–Crippen MR) is 141 cm³/mol. The van der Waals surface area contributed by atoms with E-state index in [0.717, 1.165) is 12.8 Å². The Morgan fingerprint density at radius 2 is 2.00 bits per heavy atom. The van der Waals surface area contributed by atoms with Crippen LogP contribution in [0, 0.1) is 45.7 Å². The molecule has 4 aliphatic rings. The number of benzene rings is 1. The Labute approximate surface area is 229 Å². The first-order valence-corrected chi connectivity index (χ1v) is 14.1. The highest BCUT2D eigenvalue weighted by Crippen LogP contribution is 2.69. The van der Waals surface area contributed by atoms with Crippen LogP contribution in [0.1, 0.15) is 71.8 Å². The topological polar surface area (TPSA) is 134 Å². The van der Waals surface area contributed by atoms with Gasteiger partial charge in [0.1, 0.15) is 5.78 Å². The van der Waals surface area contributed by atoms with Gasteiger partial charge in [0.2, 0.25) is 0 Å². The van der Waals surface area contributed by atoms with Gasteiger partial charge in [-0.1, -0.05) is 33.8 Å². The maximum Gasteiger partial charge on any atom is 0.494 e. The van der Waals surface area contributed by atoms with Gasteiger partial charge in [0.25, 0.3) is 0 Å². The molecule has 0 spiro atoms. The number of aliphatic carboxylic acids is 1. The van der Waals surface area contributed by atoms with Crippen LogP contribution in [-0.4, -0.2) is 58.0 Å². The Morgan fingerprint density at radius 3 is 2.67 bits per heavy atom. The predicted octanol–water partition coefficient (Wildman–Crippen LogP) is 2.68. The minimum absolute atomic E-state index is 0.0333. The normalized spacial score (nSPS) is 40.5. The summed E-state index contributed by atoms with van der Waals surface area (Å²) in [7, 11) is -1.47. The van der Waals surface area contributed by atoms with E-state index in [1.807, 2.05) is 20.8 Å². The maximum absolute atomic E-state index is 15.6. The number of ketones is 1. The molecule has 3 aliphatic carbocycles. The molecule has 10 heteroatoms. The standard InChI is InChI=1S/C29H40BFO8/c1-15-7-9-29-10-8-19(33)24(29)28(15,4)18(13-27(3,11-12-32)25(34)16(29)2)23(26(35)36)39-20-6-5-17-14-38-30(37)21(17)22(20)31/h5-6,15-16,18,23-25,32,34,37H,7-14H2,1-4H3,(H,35,36)/t15-,16+,18+,23?,24+,25+,27+,28-,29+/m1/s1. The van der Waals surface area contributed by atoms with E-state index >= 15 is 4.39 Å². The fraction of sp³-hybridized carbons (Fsp3) is 0.724. The van der Waals surface area contributed by atoms with Crippen LogP contribution in [0.5, 0.6) is 5.75 Å². The summed E-state index contributed by atoms with van der Waals surface area (Å²) < 4.78 is 26.7. The highest BCUT2D eigenvalue weighted by molar-refractivity contribution is 6.61. The fourth-order valence-electron chi connectivity index (χ4n) is 9.07. The number of carboxylic acids is 1. The van der Waals surface area contributed by atoms with E-state index in [1.165, 1.54) is 6.07 Å².